The first kappa shape index (κ1) is 21.4. The lowest BCUT2D eigenvalue weighted by Gasteiger charge is -2.30. The van der Waals surface area contributed by atoms with Crippen LogP contribution in [0.1, 0.15) is 31.2 Å². The van der Waals surface area contributed by atoms with Crippen LogP contribution in [0, 0.1) is 0 Å². The molecule has 0 aliphatic heterocycles. The number of nitrogens with zero attached hydrogens (tertiary/aromatic N) is 3. The van der Waals surface area contributed by atoms with Crippen LogP contribution in [0.3, 0.4) is 0 Å². The number of para-hydroxylation sites is 1. The molecule has 1 aliphatic carbocycles. The van der Waals surface area contributed by atoms with E-state index in [2.05, 4.69) is 39.8 Å². The largest absolute Gasteiger partial charge is 0.497 e. The summed E-state index contributed by atoms with van der Waals surface area (Å²) in [6.07, 6.45) is 5.66. The van der Waals surface area contributed by atoms with Gasteiger partial charge in [0.15, 0.2) is 0 Å². The first-order valence-corrected chi connectivity index (χ1v) is 11.2. The van der Waals surface area contributed by atoms with Crippen LogP contribution in [-0.4, -0.2) is 49.8 Å². The second-order valence-electron chi connectivity index (χ2n) is 8.53. The first-order valence-electron chi connectivity index (χ1n) is 11.2. The van der Waals surface area contributed by atoms with E-state index in [1.54, 1.807) is 7.11 Å². The van der Waals surface area contributed by atoms with Gasteiger partial charge in [0.2, 0.25) is 5.95 Å². The van der Waals surface area contributed by atoms with E-state index < -0.39 is 0 Å². The van der Waals surface area contributed by atoms with Crippen molar-refractivity contribution in [3.05, 3.63) is 54.1 Å². The third-order valence-corrected chi connectivity index (χ3v) is 6.07. The van der Waals surface area contributed by atoms with Crippen LogP contribution in [0.5, 0.6) is 5.75 Å². The van der Waals surface area contributed by atoms with Crippen LogP contribution in [0.4, 0.5) is 11.8 Å². The van der Waals surface area contributed by atoms with Gasteiger partial charge >= 0.3 is 0 Å². The molecular weight excluding hydrogens is 386 g/mol. The van der Waals surface area contributed by atoms with Crippen LogP contribution in [0.2, 0.25) is 0 Å². The monoisotopic (exact) mass is 419 g/mol. The van der Waals surface area contributed by atoms with E-state index >= 15 is 0 Å². The molecule has 2 N–H and O–H groups in total. The van der Waals surface area contributed by atoms with Gasteiger partial charge in [0.25, 0.3) is 0 Å². The number of anilines is 2. The van der Waals surface area contributed by atoms with Crippen LogP contribution in [-0.2, 0) is 6.42 Å². The number of hydrogen-bond acceptors (Lipinski definition) is 6. The summed E-state index contributed by atoms with van der Waals surface area (Å²) < 4.78 is 5.23. The molecule has 1 fully saturated rings. The van der Waals surface area contributed by atoms with E-state index in [9.17, 15) is 0 Å². The average molecular weight is 420 g/mol. The van der Waals surface area contributed by atoms with Crippen molar-refractivity contribution in [2.75, 3.05) is 38.0 Å². The Hall–Kier alpha value is -2.86. The molecule has 1 heterocycles. The highest BCUT2D eigenvalue weighted by molar-refractivity contribution is 5.90. The summed E-state index contributed by atoms with van der Waals surface area (Å²) in [5, 5.41) is 8.41. The van der Waals surface area contributed by atoms with Crippen molar-refractivity contribution in [2.24, 2.45) is 0 Å². The minimum Gasteiger partial charge on any atom is -0.497 e. The number of fused-ring (bicyclic) bond motifs is 1. The lowest BCUT2D eigenvalue weighted by atomic mass is 9.91. The van der Waals surface area contributed by atoms with Crippen molar-refractivity contribution < 1.29 is 4.74 Å². The number of benzene rings is 2. The quantitative estimate of drug-likeness (QED) is 0.569. The van der Waals surface area contributed by atoms with Gasteiger partial charge in [0, 0.05) is 31.6 Å². The predicted molar refractivity (Wildman–Crippen MR) is 128 cm³/mol. The summed E-state index contributed by atoms with van der Waals surface area (Å²) in [6, 6.07) is 17.6. The molecule has 2 aromatic carbocycles. The minimum atomic E-state index is 0.427. The van der Waals surface area contributed by atoms with Gasteiger partial charge in [-0.05, 0) is 68.5 Å². The molecule has 0 spiro atoms. The van der Waals surface area contributed by atoms with E-state index in [1.165, 1.54) is 18.4 Å². The number of ether oxygens (including phenoxy) is 1. The molecule has 0 bridgehead atoms. The van der Waals surface area contributed by atoms with Gasteiger partial charge in [0.05, 0.1) is 12.6 Å². The molecule has 6 nitrogen and oxygen atoms in total. The molecule has 0 radical (unpaired) electrons. The van der Waals surface area contributed by atoms with Gasteiger partial charge in [-0.15, -0.1) is 0 Å². The lowest BCUT2D eigenvalue weighted by Crippen LogP contribution is -2.38. The standard InChI is InChI=1S/C25H33N5O/c1-30(2)24-22-6-4-5-7-23(22)28-25(29-24)27-20-12-10-19(11-13-20)26-17-16-18-8-14-21(31-3)15-9-18/h4-9,14-15,19-20,26H,10-13,16-17H2,1-3H3,(H,27,28,29). The van der Waals surface area contributed by atoms with Crippen LogP contribution in [0.15, 0.2) is 48.5 Å². The molecule has 0 unspecified atom stereocenters. The van der Waals surface area contributed by atoms with Gasteiger partial charge in [0.1, 0.15) is 11.6 Å². The topological polar surface area (TPSA) is 62.3 Å². The summed E-state index contributed by atoms with van der Waals surface area (Å²) in [7, 11) is 5.76. The van der Waals surface area contributed by atoms with Crippen molar-refractivity contribution in [1.82, 2.24) is 15.3 Å². The fraction of sp³-hybridized carbons (Fsp3) is 0.440. The molecule has 1 aliphatic rings. The van der Waals surface area contributed by atoms with E-state index in [1.807, 2.05) is 38.4 Å². The van der Waals surface area contributed by atoms with Crippen molar-refractivity contribution in [3.8, 4) is 5.75 Å². The van der Waals surface area contributed by atoms with Crippen molar-refractivity contribution in [2.45, 2.75) is 44.2 Å². The van der Waals surface area contributed by atoms with Crippen LogP contribution >= 0.6 is 0 Å². The van der Waals surface area contributed by atoms with E-state index in [-0.39, 0.29) is 0 Å². The molecule has 1 aromatic heterocycles. The lowest BCUT2D eigenvalue weighted by molar-refractivity contribution is 0.355. The second-order valence-corrected chi connectivity index (χ2v) is 8.53. The molecule has 0 saturated heterocycles. The van der Waals surface area contributed by atoms with Gasteiger partial charge < -0.3 is 20.3 Å². The molecular formula is C25H33N5O. The number of hydrogen-bond donors (Lipinski definition) is 2. The predicted octanol–water partition coefficient (Wildman–Crippen LogP) is 4.26. The molecule has 164 valence electrons. The Morgan fingerprint density at radius 3 is 2.35 bits per heavy atom. The van der Waals surface area contributed by atoms with Crippen molar-refractivity contribution in [3.63, 3.8) is 0 Å². The number of aromatic nitrogens is 2. The summed E-state index contributed by atoms with van der Waals surface area (Å²) in [5.41, 5.74) is 2.33. The van der Waals surface area contributed by atoms with Gasteiger partial charge in [-0.3, -0.25) is 0 Å². The van der Waals surface area contributed by atoms with Crippen LogP contribution in [0.25, 0.3) is 10.9 Å². The van der Waals surface area contributed by atoms with Crippen LogP contribution < -0.4 is 20.3 Å². The van der Waals surface area contributed by atoms with Gasteiger partial charge in [-0.1, -0.05) is 24.3 Å². The summed E-state index contributed by atoms with van der Waals surface area (Å²) in [6.45, 7) is 1.01. The molecule has 0 atom stereocenters. The molecule has 31 heavy (non-hydrogen) atoms. The highest BCUT2D eigenvalue weighted by Gasteiger charge is 2.22. The molecule has 3 aromatic rings. The maximum atomic E-state index is 5.23. The zero-order valence-electron chi connectivity index (χ0n) is 18.8. The summed E-state index contributed by atoms with van der Waals surface area (Å²) in [5.74, 6) is 2.61. The zero-order chi connectivity index (χ0) is 21.6. The molecule has 0 amide bonds. The second kappa shape index (κ2) is 9.96. The maximum absolute atomic E-state index is 5.23. The molecule has 4 rings (SSSR count). The smallest absolute Gasteiger partial charge is 0.225 e. The zero-order valence-corrected chi connectivity index (χ0v) is 18.8. The minimum absolute atomic E-state index is 0.427. The van der Waals surface area contributed by atoms with E-state index in [0.717, 1.165) is 54.2 Å². The Labute approximate surface area is 185 Å². The number of nitrogens with one attached hydrogen (secondary N) is 2. The van der Waals surface area contributed by atoms with Gasteiger partial charge in [-0.25, -0.2) is 4.98 Å². The normalized spacial score (nSPS) is 18.7. The Bertz CT molecular complexity index is 981. The fourth-order valence-electron chi connectivity index (χ4n) is 4.30. The SMILES string of the molecule is COc1ccc(CCNC2CCC(Nc3nc(N(C)C)c4ccccc4n3)CC2)cc1. The van der Waals surface area contributed by atoms with E-state index in [0.29, 0.717) is 12.1 Å². The Balaban J connectivity index is 1.27. The number of methoxy groups -OCH3 is 1. The van der Waals surface area contributed by atoms with Gasteiger partial charge in [-0.2, -0.15) is 4.98 Å². The highest BCUT2D eigenvalue weighted by Crippen LogP contribution is 2.26. The Morgan fingerprint density at radius 1 is 0.935 bits per heavy atom. The maximum Gasteiger partial charge on any atom is 0.225 e. The third-order valence-electron chi connectivity index (χ3n) is 6.07. The Morgan fingerprint density at radius 2 is 1.65 bits per heavy atom. The summed E-state index contributed by atoms with van der Waals surface area (Å²) in [4.78, 5) is 11.6. The average Bonchev–Trinajstić information content (AvgIpc) is 2.80. The highest BCUT2D eigenvalue weighted by atomic mass is 16.5. The third kappa shape index (κ3) is 5.44. The summed E-state index contributed by atoms with van der Waals surface area (Å²) >= 11 is 0. The Kier molecular flexibility index (Phi) is 6.87. The number of rotatable bonds is 8. The van der Waals surface area contributed by atoms with Crippen molar-refractivity contribution >= 4 is 22.7 Å². The van der Waals surface area contributed by atoms with E-state index in [4.69, 9.17) is 14.7 Å². The molecule has 6 heteroatoms. The first-order chi connectivity index (χ1) is 15.1. The fourth-order valence-corrected chi connectivity index (χ4v) is 4.30. The molecule has 1 saturated carbocycles. The van der Waals surface area contributed by atoms with Crippen molar-refractivity contribution in [1.29, 1.82) is 0 Å².